The Bertz CT molecular complexity index is 421. The van der Waals surface area contributed by atoms with Crippen molar-refractivity contribution < 1.29 is 9.47 Å². The molecule has 1 unspecified atom stereocenters. The van der Waals surface area contributed by atoms with E-state index in [1.165, 1.54) is 0 Å². The van der Waals surface area contributed by atoms with Crippen molar-refractivity contribution in [3.63, 3.8) is 0 Å². The fourth-order valence-corrected chi connectivity index (χ4v) is 2.22. The Morgan fingerprint density at radius 3 is 2.55 bits per heavy atom. The van der Waals surface area contributed by atoms with Crippen LogP contribution in [0.3, 0.4) is 0 Å². The lowest BCUT2D eigenvalue weighted by atomic mass is 10.1. The molecular weight excluding hydrogens is 270 g/mol. The Kier molecular flexibility index (Phi) is 7.55. The number of thiocarbonyl (C=S) groups is 1. The molecule has 2 N–H and O–H groups in total. The van der Waals surface area contributed by atoms with Crippen LogP contribution in [0.25, 0.3) is 0 Å². The van der Waals surface area contributed by atoms with E-state index in [9.17, 15) is 0 Å². The molecule has 1 aromatic rings. The van der Waals surface area contributed by atoms with Crippen molar-refractivity contribution in [3.8, 4) is 5.75 Å². The van der Waals surface area contributed by atoms with Gasteiger partial charge < -0.3 is 15.2 Å². The molecule has 0 fully saturated rings. The van der Waals surface area contributed by atoms with E-state index in [-0.39, 0.29) is 0 Å². The molecule has 1 aromatic carbocycles. The first kappa shape index (κ1) is 16.9. The molecular formula is C16H25NO2S. The van der Waals surface area contributed by atoms with Crippen LogP contribution in [0, 0.1) is 5.92 Å². The molecule has 0 aliphatic rings. The van der Waals surface area contributed by atoms with Gasteiger partial charge in [0.1, 0.15) is 10.7 Å². The molecule has 0 aliphatic carbocycles. The summed E-state index contributed by atoms with van der Waals surface area (Å²) in [5, 5.41) is 0. The SMILES string of the molecule is CC(C)CC(C)OCCCOc1ccccc1C(N)=S. The summed E-state index contributed by atoms with van der Waals surface area (Å²) in [5.74, 6) is 1.41. The standard InChI is InChI=1S/C16H25NO2S/c1-12(2)11-13(3)18-9-6-10-19-15-8-5-4-7-14(15)16(17)20/h4-5,7-8,12-13H,6,9-11H2,1-3H3,(H2,17,20). The predicted molar refractivity (Wildman–Crippen MR) is 87.3 cm³/mol. The summed E-state index contributed by atoms with van der Waals surface area (Å²) in [5.41, 5.74) is 6.45. The third-order valence-electron chi connectivity index (χ3n) is 2.90. The third kappa shape index (κ3) is 6.35. The molecule has 0 spiro atoms. The van der Waals surface area contributed by atoms with Crippen LogP contribution in [0.2, 0.25) is 0 Å². The normalized spacial score (nSPS) is 12.4. The quantitative estimate of drug-likeness (QED) is 0.559. The molecule has 4 heteroatoms. The minimum Gasteiger partial charge on any atom is -0.493 e. The second kappa shape index (κ2) is 8.93. The summed E-state index contributed by atoms with van der Waals surface area (Å²) in [6.45, 7) is 7.84. The number of benzene rings is 1. The molecule has 0 heterocycles. The van der Waals surface area contributed by atoms with Crippen molar-refractivity contribution in [1.29, 1.82) is 0 Å². The number of para-hydroxylation sites is 1. The molecule has 0 radical (unpaired) electrons. The lowest BCUT2D eigenvalue weighted by Gasteiger charge is -2.15. The molecule has 0 saturated heterocycles. The number of rotatable bonds is 9. The zero-order valence-corrected chi connectivity index (χ0v) is 13.4. The van der Waals surface area contributed by atoms with Crippen LogP contribution < -0.4 is 10.5 Å². The van der Waals surface area contributed by atoms with E-state index in [0.29, 0.717) is 30.2 Å². The first-order valence-corrected chi connectivity index (χ1v) is 7.54. The summed E-state index contributed by atoms with van der Waals surface area (Å²) in [6, 6.07) is 7.58. The number of ether oxygens (including phenoxy) is 2. The highest BCUT2D eigenvalue weighted by molar-refractivity contribution is 7.80. The number of nitrogens with two attached hydrogens (primary N) is 1. The maximum Gasteiger partial charge on any atom is 0.129 e. The van der Waals surface area contributed by atoms with Gasteiger partial charge in [-0.25, -0.2) is 0 Å². The van der Waals surface area contributed by atoms with Crippen molar-refractivity contribution in [3.05, 3.63) is 29.8 Å². The van der Waals surface area contributed by atoms with Crippen molar-refractivity contribution in [2.45, 2.75) is 39.7 Å². The minimum atomic E-state index is 0.305. The van der Waals surface area contributed by atoms with Crippen molar-refractivity contribution in [2.24, 2.45) is 11.7 Å². The fourth-order valence-electron chi connectivity index (χ4n) is 2.05. The highest BCUT2D eigenvalue weighted by atomic mass is 32.1. The molecule has 20 heavy (non-hydrogen) atoms. The van der Waals surface area contributed by atoms with Gasteiger partial charge >= 0.3 is 0 Å². The van der Waals surface area contributed by atoms with E-state index in [4.69, 9.17) is 27.4 Å². The zero-order chi connectivity index (χ0) is 15.0. The van der Waals surface area contributed by atoms with E-state index in [1.54, 1.807) is 0 Å². The first-order valence-electron chi connectivity index (χ1n) is 7.14. The van der Waals surface area contributed by atoms with Gasteiger partial charge in [-0.3, -0.25) is 0 Å². The minimum absolute atomic E-state index is 0.305. The third-order valence-corrected chi connectivity index (χ3v) is 3.12. The zero-order valence-electron chi connectivity index (χ0n) is 12.6. The second-order valence-corrected chi connectivity index (χ2v) is 5.81. The Hall–Kier alpha value is -1.13. The highest BCUT2D eigenvalue weighted by Gasteiger charge is 2.06. The Labute approximate surface area is 127 Å². The van der Waals surface area contributed by atoms with Crippen LogP contribution in [0.5, 0.6) is 5.75 Å². The molecule has 0 aliphatic heterocycles. The van der Waals surface area contributed by atoms with Crippen LogP contribution in [0.15, 0.2) is 24.3 Å². The van der Waals surface area contributed by atoms with Gasteiger partial charge in [-0.1, -0.05) is 38.2 Å². The first-order chi connectivity index (χ1) is 9.50. The fraction of sp³-hybridized carbons (Fsp3) is 0.562. The highest BCUT2D eigenvalue weighted by Crippen LogP contribution is 2.17. The van der Waals surface area contributed by atoms with E-state index in [0.717, 1.165) is 24.2 Å². The van der Waals surface area contributed by atoms with Crippen molar-refractivity contribution in [1.82, 2.24) is 0 Å². The molecule has 3 nitrogen and oxygen atoms in total. The van der Waals surface area contributed by atoms with Gasteiger partial charge in [0, 0.05) is 6.42 Å². The van der Waals surface area contributed by atoms with E-state index < -0.39 is 0 Å². The predicted octanol–water partition coefficient (Wildman–Crippen LogP) is 3.54. The van der Waals surface area contributed by atoms with Gasteiger partial charge in [0.2, 0.25) is 0 Å². The lowest BCUT2D eigenvalue weighted by Crippen LogP contribution is -2.15. The Morgan fingerprint density at radius 2 is 1.90 bits per heavy atom. The Balaban J connectivity index is 2.26. The largest absolute Gasteiger partial charge is 0.493 e. The van der Waals surface area contributed by atoms with E-state index in [2.05, 4.69) is 20.8 Å². The average molecular weight is 295 g/mol. The van der Waals surface area contributed by atoms with E-state index in [1.807, 2.05) is 24.3 Å². The lowest BCUT2D eigenvalue weighted by molar-refractivity contribution is 0.0447. The van der Waals surface area contributed by atoms with Crippen LogP contribution in [-0.4, -0.2) is 24.3 Å². The van der Waals surface area contributed by atoms with Gasteiger partial charge in [-0.15, -0.1) is 0 Å². The number of hydrogen-bond acceptors (Lipinski definition) is 3. The van der Waals surface area contributed by atoms with Crippen LogP contribution in [-0.2, 0) is 4.74 Å². The summed E-state index contributed by atoms with van der Waals surface area (Å²) in [7, 11) is 0. The monoisotopic (exact) mass is 295 g/mol. The molecule has 112 valence electrons. The van der Waals surface area contributed by atoms with Gasteiger partial charge in [0.05, 0.1) is 24.9 Å². The molecule has 0 bridgehead atoms. The summed E-state index contributed by atoms with van der Waals surface area (Å²) in [6.07, 6.45) is 2.25. The Morgan fingerprint density at radius 1 is 1.20 bits per heavy atom. The van der Waals surface area contributed by atoms with Crippen LogP contribution >= 0.6 is 12.2 Å². The summed E-state index contributed by atoms with van der Waals surface area (Å²) in [4.78, 5) is 0.363. The van der Waals surface area contributed by atoms with Gasteiger partial charge in [-0.05, 0) is 31.4 Å². The van der Waals surface area contributed by atoms with Crippen LogP contribution in [0.4, 0.5) is 0 Å². The molecule has 0 amide bonds. The summed E-state index contributed by atoms with van der Waals surface area (Å²) < 4.78 is 11.5. The van der Waals surface area contributed by atoms with Gasteiger partial charge in [-0.2, -0.15) is 0 Å². The van der Waals surface area contributed by atoms with E-state index >= 15 is 0 Å². The second-order valence-electron chi connectivity index (χ2n) is 5.37. The average Bonchev–Trinajstić information content (AvgIpc) is 2.37. The topological polar surface area (TPSA) is 44.5 Å². The van der Waals surface area contributed by atoms with Gasteiger partial charge in [0.25, 0.3) is 0 Å². The maximum atomic E-state index is 5.74. The smallest absolute Gasteiger partial charge is 0.129 e. The maximum absolute atomic E-state index is 5.74. The molecule has 1 rings (SSSR count). The van der Waals surface area contributed by atoms with Crippen LogP contribution in [0.1, 0.15) is 39.2 Å². The summed E-state index contributed by atoms with van der Waals surface area (Å²) >= 11 is 5.00. The molecule has 1 atom stereocenters. The van der Waals surface area contributed by atoms with Crippen molar-refractivity contribution in [2.75, 3.05) is 13.2 Å². The van der Waals surface area contributed by atoms with Crippen molar-refractivity contribution >= 4 is 17.2 Å². The molecule has 0 saturated carbocycles. The molecule has 0 aromatic heterocycles. The van der Waals surface area contributed by atoms with Gasteiger partial charge in [0.15, 0.2) is 0 Å². The number of hydrogen-bond donors (Lipinski definition) is 1.